The maximum atomic E-state index is 11.2. The van der Waals surface area contributed by atoms with Crippen LogP contribution in [0, 0.1) is 20.2 Å². The largest absolute Gasteiger partial charge is 0.395 e. The summed E-state index contributed by atoms with van der Waals surface area (Å²) in [6, 6.07) is 13.5. The lowest BCUT2D eigenvalue weighted by molar-refractivity contribution is -0.394. The Bertz CT molecular complexity index is 676. The Morgan fingerprint density at radius 3 is 1.96 bits per heavy atom. The van der Waals surface area contributed by atoms with Gasteiger partial charge in [0, 0.05) is 24.2 Å². The molecule has 0 aliphatic carbocycles. The first-order valence-electron chi connectivity index (χ1n) is 6.78. The minimum Gasteiger partial charge on any atom is -0.395 e. The third-order valence-electron chi connectivity index (χ3n) is 2.68. The number of non-ortho nitro benzene ring substituents is 2. The molecule has 0 radical (unpaired) electrons. The monoisotopic (exact) mass is 333 g/mol. The summed E-state index contributed by atoms with van der Waals surface area (Å²) in [6.07, 6.45) is 0. The molecule has 0 spiro atoms. The predicted octanol–water partition coefficient (Wildman–Crippen LogP) is 1.91. The van der Waals surface area contributed by atoms with Gasteiger partial charge in [0.25, 0.3) is 17.3 Å². The van der Waals surface area contributed by atoms with Crippen molar-refractivity contribution in [3.05, 3.63) is 80.4 Å². The van der Waals surface area contributed by atoms with Crippen LogP contribution in [0.25, 0.3) is 0 Å². The van der Waals surface area contributed by atoms with Gasteiger partial charge in [-0.2, -0.15) is 0 Å². The van der Waals surface area contributed by atoms with Crippen molar-refractivity contribution in [2.24, 2.45) is 0 Å². The van der Waals surface area contributed by atoms with Crippen molar-refractivity contribution in [3.8, 4) is 0 Å². The zero-order valence-corrected chi connectivity index (χ0v) is 12.5. The fourth-order valence-electron chi connectivity index (χ4n) is 1.58. The van der Waals surface area contributed by atoms with Gasteiger partial charge in [-0.25, -0.2) is 0 Å². The molecular weight excluding hydrogens is 318 g/mol. The molecule has 0 atom stereocenters. The summed E-state index contributed by atoms with van der Waals surface area (Å²) in [5.74, 6) is -0.148. The molecule has 0 aliphatic rings. The van der Waals surface area contributed by atoms with E-state index in [1.165, 1.54) is 18.2 Å². The van der Waals surface area contributed by atoms with Crippen LogP contribution in [-0.4, -0.2) is 34.0 Å². The summed E-state index contributed by atoms with van der Waals surface area (Å²) in [5, 5.41) is 31.3. The van der Waals surface area contributed by atoms with Gasteiger partial charge in [-0.05, 0) is 18.2 Å². The van der Waals surface area contributed by atoms with Gasteiger partial charge in [0.1, 0.15) is 0 Å². The number of amides is 1. The molecule has 0 aliphatic heterocycles. The number of nitrogens with zero attached hydrogens (tertiary/aromatic N) is 2. The fraction of sp³-hybridized carbons (Fsp3) is 0.133. The molecule has 0 unspecified atom stereocenters. The van der Waals surface area contributed by atoms with E-state index in [1.54, 1.807) is 24.3 Å². The molecule has 24 heavy (non-hydrogen) atoms. The SMILES string of the molecule is O=C(NCCO)c1ccccc1.O=[N+]([O-])c1cccc([N+](=O)[O-])c1. The number of hydrogen-bond acceptors (Lipinski definition) is 6. The highest BCUT2D eigenvalue weighted by atomic mass is 16.6. The quantitative estimate of drug-likeness (QED) is 0.633. The van der Waals surface area contributed by atoms with E-state index < -0.39 is 9.85 Å². The van der Waals surface area contributed by atoms with Crippen molar-refractivity contribution >= 4 is 17.3 Å². The summed E-state index contributed by atoms with van der Waals surface area (Å²) in [4.78, 5) is 30.2. The Balaban J connectivity index is 0.000000240. The van der Waals surface area contributed by atoms with Crippen LogP contribution in [0.15, 0.2) is 54.6 Å². The van der Waals surface area contributed by atoms with E-state index in [0.29, 0.717) is 12.1 Å². The third-order valence-corrected chi connectivity index (χ3v) is 2.68. The minimum absolute atomic E-state index is 0.0292. The highest BCUT2D eigenvalue weighted by Crippen LogP contribution is 2.18. The number of aliphatic hydroxyl groups is 1. The second-order valence-corrected chi connectivity index (χ2v) is 4.38. The number of rotatable bonds is 5. The van der Waals surface area contributed by atoms with E-state index in [2.05, 4.69) is 5.32 Å². The van der Waals surface area contributed by atoms with Crippen LogP contribution in [0.4, 0.5) is 11.4 Å². The first-order chi connectivity index (χ1) is 11.5. The number of benzene rings is 2. The van der Waals surface area contributed by atoms with Crippen molar-refractivity contribution in [1.29, 1.82) is 0 Å². The molecule has 0 saturated carbocycles. The highest BCUT2D eigenvalue weighted by molar-refractivity contribution is 5.94. The zero-order valence-electron chi connectivity index (χ0n) is 12.5. The van der Waals surface area contributed by atoms with E-state index in [4.69, 9.17) is 5.11 Å². The van der Waals surface area contributed by atoms with Crippen molar-refractivity contribution in [2.75, 3.05) is 13.2 Å². The number of aliphatic hydroxyl groups excluding tert-OH is 1. The number of nitro benzene ring substituents is 2. The summed E-state index contributed by atoms with van der Waals surface area (Å²) in [7, 11) is 0. The van der Waals surface area contributed by atoms with Crippen molar-refractivity contribution < 1.29 is 19.7 Å². The molecule has 126 valence electrons. The molecule has 9 heteroatoms. The topological polar surface area (TPSA) is 136 Å². The molecule has 2 rings (SSSR count). The predicted molar refractivity (Wildman–Crippen MR) is 85.6 cm³/mol. The number of carbonyl (C=O) groups is 1. The number of nitrogens with one attached hydrogen (secondary N) is 1. The lowest BCUT2D eigenvalue weighted by Crippen LogP contribution is -2.26. The highest BCUT2D eigenvalue weighted by Gasteiger charge is 2.11. The Morgan fingerprint density at radius 2 is 1.50 bits per heavy atom. The van der Waals surface area contributed by atoms with Crippen LogP contribution in [0.1, 0.15) is 10.4 Å². The number of nitro groups is 2. The molecule has 0 aromatic heterocycles. The number of carbonyl (C=O) groups excluding carboxylic acids is 1. The molecule has 1 amide bonds. The average Bonchev–Trinajstić information content (AvgIpc) is 2.61. The molecule has 0 saturated heterocycles. The Labute approximate surface area is 136 Å². The van der Waals surface area contributed by atoms with E-state index in [-0.39, 0.29) is 23.9 Å². The van der Waals surface area contributed by atoms with Gasteiger partial charge in [-0.1, -0.05) is 18.2 Å². The average molecular weight is 333 g/mol. The van der Waals surface area contributed by atoms with E-state index in [1.807, 2.05) is 6.07 Å². The van der Waals surface area contributed by atoms with Crippen molar-refractivity contribution in [1.82, 2.24) is 5.32 Å². The lowest BCUT2D eigenvalue weighted by Gasteiger charge is -2.01. The molecule has 2 aromatic rings. The summed E-state index contributed by atoms with van der Waals surface area (Å²) in [5.41, 5.74) is 0.0688. The van der Waals surface area contributed by atoms with Gasteiger partial charge >= 0.3 is 0 Å². The van der Waals surface area contributed by atoms with Gasteiger partial charge in [-0.3, -0.25) is 25.0 Å². The van der Waals surface area contributed by atoms with Crippen LogP contribution in [0.5, 0.6) is 0 Å². The molecule has 0 bridgehead atoms. The Morgan fingerprint density at radius 1 is 0.958 bits per heavy atom. The molecular formula is C15H15N3O6. The molecule has 0 fully saturated rings. The third kappa shape index (κ3) is 6.20. The van der Waals surface area contributed by atoms with Crippen molar-refractivity contribution in [2.45, 2.75) is 0 Å². The molecule has 0 heterocycles. The van der Waals surface area contributed by atoms with Crippen molar-refractivity contribution in [3.63, 3.8) is 0 Å². The zero-order chi connectivity index (χ0) is 17.9. The Hall–Kier alpha value is -3.33. The van der Waals surface area contributed by atoms with Crippen LogP contribution in [-0.2, 0) is 0 Å². The molecule has 2 aromatic carbocycles. The summed E-state index contributed by atoms with van der Waals surface area (Å²) < 4.78 is 0. The lowest BCUT2D eigenvalue weighted by atomic mass is 10.2. The fourth-order valence-corrected chi connectivity index (χ4v) is 1.58. The number of hydrogen-bond donors (Lipinski definition) is 2. The van der Waals surface area contributed by atoms with Gasteiger partial charge in [0.15, 0.2) is 0 Å². The first kappa shape index (κ1) is 18.7. The molecule has 2 N–H and O–H groups in total. The standard InChI is InChI=1S/C9H11NO2.C6H4N2O4/c11-7-6-10-9(12)8-4-2-1-3-5-8;9-7(10)5-2-1-3-6(4-5)8(11)12/h1-5,11H,6-7H2,(H,10,12);1-4H. The molecule has 9 nitrogen and oxygen atoms in total. The van der Waals surface area contributed by atoms with Gasteiger partial charge < -0.3 is 10.4 Å². The second-order valence-electron chi connectivity index (χ2n) is 4.38. The van der Waals surface area contributed by atoms with Crippen LogP contribution in [0.3, 0.4) is 0 Å². The second kappa shape index (κ2) is 9.64. The smallest absolute Gasteiger partial charge is 0.276 e. The minimum atomic E-state index is -0.674. The first-order valence-corrected chi connectivity index (χ1v) is 6.78. The van der Waals surface area contributed by atoms with Crippen LogP contribution in [0.2, 0.25) is 0 Å². The van der Waals surface area contributed by atoms with Crippen LogP contribution >= 0.6 is 0 Å². The van der Waals surface area contributed by atoms with E-state index >= 15 is 0 Å². The van der Waals surface area contributed by atoms with Gasteiger partial charge in [0.2, 0.25) is 0 Å². The summed E-state index contributed by atoms with van der Waals surface area (Å²) >= 11 is 0. The van der Waals surface area contributed by atoms with Gasteiger partial charge in [0.05, 0.1) is 22.5 Å². The normalized spacial score (nSPS) is 9.38. The maximum Gasteiger partial charge on any atom is 0.276 e. The Kier molecular flexibility index (Phi) is 7.52. The van der Waals surface area contributed by atoms with Gasteiger partial charge in [-0.15, -0.1) is 0 Å². The summed E-state index contributed by atoms with van der Waals surface area (Å²) in [6.45, 7) is 0.270. The van der Waals surface area contributed by atoms with E-state index in [9.17, 15) is 25.0 Å². The van der Waals surface area contributed by atoms with Crippen LogP contribution < -0.4 is 5.32 Å². The van der Waals surface area contributed by atoms with E-state index in [0.717, 1.165) is 6.07 Å². The maximum absolute atomic E-state index is 11.2.